The second kappa shape index (κ2) is 4.79. The number of aldehydes is 1. The monoisotopic (exact) mass is 240 g/mol. The number of carbonyl (C=O) groups is 1. The molecule has 0 radical (unpaired) electrons. The van der Waals surface area contributed by atoms with Gasteiger partial charge in [-0.05, 0) is 25.1 Å². The molecule has 0 aliphatic carbocycles. The molecular weight excluding hydrogens is 228 g/mol. The van der Waals surface area contributed by atoms with E-state index in [1.165, 1.54) is 6.33 Å². The Kier molecular flexibility index (Phi) is 3.19. The highest BCUT2D eigenvalue weighted by Gasteiger charge is 2.06. The maximum absolute atomic E-state index is 10.5. The molecule has 0 bridgehead atoms. The number of fused-ring (bicyclic) bond motifs is 1. The van der Waals surface area contributed by atoms with Crippen molar-refractivity contribution in [1.29, 1.82) is 0 Å². The van der Waals surface area contributed by atoms with Crippen molar-refractivity contribution in [2.45, 2.75) is 6.92 Å². The van der Waals surface area contributed by atoms with Crippen molar-refractivity contribution in [1.82, 2.24) is 9.97 Å². The van der Waals surface area contributed by atoms with Crippen molar-refractivity contribution in [2.24, 2.45) is 0 Å². The molecule has 90 valence electrons. The van der Waals surface area contributed by atoms with E-state index in [9.17, 15) is 4.79 Å². The van der Waals surface area contributed by atoms with Crippen LogP contribution in [0.4, 0.5) is 0 Å². The Balaban J connectivity index is 2.41. The number of aryl methyl sites for hydroxylation is 1. The fraction of sp³-hybridized carbons (Fsp3) is 0.0714. The summed E-state index contributed by atoms with van der Waals surface area (Å²) in [6.45, 7) is 9.11. The van der Waals surface area contributed by atoms with Gasteiger partial charge in [0.1, 0.15) is 12.1 Å². The molecule has 0 aliphatic heterocycles. The number of ether oxygens (including phenoxy) is 1. The van der Waals surface area contributed by atoms with Gasteiger partial charge in [0.05, 0.1) is 5.52 Å². The summed E-state index contributed by atoms with van der Waals surface area (Å²) in [5.74, 6) is 0.401. The van der Waals surface area contributed by atoms with Crippen LogP contribution < -0.4 is 0 Å². The molecule has 4 heteroatoms. The second-order valence-electron chi connectivity index (χ2n) is 3.80. The normalized spacial score (nSPS) is 10.1. The first kappa shape index (κ1) is 12.0. The molecule has 0 unspecified atom stereocenters. The molecular formula is C14H12N2O2. The Morgan fingerprint density at radius 1 is 1.33 bits per heavy atom. The number of aromatic nitrogens is 2. The van der Waals surface area contributed by atoms with E-state index < -0.39 is 0 Å². The quantitative estimate of drug-likeness (QED) is 0.468. The SMILES string of the molecule is C=C(C=O)OC(=C)c1ccc2ncnc(C)c2c1. The topological polar surface area (TPSA) is 52.1 Å². The summed E-state index contributed by atoms with van der Waals surface area (Å²) in [5, 5.41) is 0.927. The van der Waals surface area contributed by atoms with Crippen LogP contribution in [0.5, 0.6) is 0 Å². The Hall–Kier alpha value is -2.49. The maximum Gasteiger partial charge on any atom is 0.184 e. The molecule has 18 heavy (non-hydrogen) atoms. The Labute approximate surface area is 105 Å². The van der Waals surface area contributed by atoms with Gasteiger partial charge in [-0.15, -0.1) is 0 Å². The highest BCUT2D eigenvalue weighted by molar-refractivity contribution is 5.84. The Morgan fingerprint density at radius 2 is 2.11 bits per heavy atom. The van der Waals surface area contributed by atoms with E-state index in [0.29, 0.717) is 12.0 Å². The molecule has 0 saturated heterocycles. The van der Waals surface area contributed by atoms with Crippen molar-refractivity contribution in [3.8, 4) is 0 Å². The molecule has 0 aliphatic rings. The van der Waals surface area contributed by atoms with Gasteiger partial charge in [0.15, 0.2) is 12.0 Å². The molecule has 1 aromatic heterocycles. The third-order valence-electron chi connectivity index (χ3n) is 2.54. The number of allylic oxidation sites excluding steroid dienone is 1. The minimum absolute atomic E-state index is 0.0288. The van der Waals surface area contributed by atoms with Gasteiger partial charge in [0.25, 0.3) is 0 Å². The zero-order chi connectivity index (χ0) is 13.1. The lowest BCUT2D eigenvalue weighted by molar-refractivity contribution is -0.106. The average molecular weight is 240 g/mol. The summed E-state index contributed by atoms with van der Waals surface area (Å²) >= 11 is 0. The van der Waals surface area contributed by atoms with E-state index >= 15 is 0 Å². The lowest BCUT2D eigenvalue weighted by Gasteiger charge is -2.08. The fourth-order valence-electron chi connectivity index (χ4n) is 1.60. The van der Waals surface area contributed by atoms with Crippen molar-refractivity contribution < 1.29 is 9.53 Å². The zero-order valence-corrected chi connectivity index (χ0v) is 10.0. The summed E-state index contributed by atoms with van der Waals surface area (Å²) in [4.78, 5) is 18.7. The molecule has 0 atom stereocenters. The van der Waals surface area contributed by atoms with E-state index in [1.807, 2.05) is 25.1 Å². The molecule has 0 fully saturated rings. The molecule has 4 nitrogen and oxygen atoms in total. The van der Waals surface area contributed by atoms with Gasteiger partial charge in [0.2, 0.25) is 0 Å². The number of rotatable bonds is 4. The van der Waals surface area contributed by atoms with E-state index in [2.05, 4.69) is 23.1 Å². The minimum atomic E-state index is 0.0288. The first-order chi connectivity index (χ1) is 8.61. The predicted molar refractivity (Wildman–Crippen MR) is 69.6 cm³/mol. The number of hydrogen-bond donors (Lipinski definition) is 0. The fourth-order valence-corrected chi connectivity index (χ4v) is 1.60. The van der Waals surface area contributed by atoms with Crippen LogP contribution in [0.3, 0.4) is 0 Å². The Bertz CT molecular complexity index is 647. The van der Waals surface area contributed by atoms with Gasteiger partial charge in [-0.1, -0.05) is 13.2 Å². The summed E-state index contributed by atoms with van der Waals surface area (Å²) in [6.07, 6.45) is 2.07. The van der Waals surface area contributed by atoms with Crippen LogP contribution in [0.15, 0.2) is 43.4 Å². The number of nitrogens with zero attached hydrogens (tertiary/aromatic N) is 2. The lowest BCUT2D eigenvalue weighted by atomic mass is 10.1. The van der Waals surface area contributed by atoms with Crippen LogP contribution in [-0.2, 0) is 9.53 Å². The Morgan fingerprint density at radius 3 is 2.83 bits per heavy atom. The predicted octanol–water partition coefficient (Wildman–Crippen LogP) is 2.64. The van der Waals surface area contributed by atoms with Crippen molar-refractivity contribution in [2.75, 3.05) is 0 Å². The van der Waals surface area contributed by atoms with Crippen LogP contribution in [0.1, 0.15) is 11.3 Å². The largest absolute Gasteiger partial charge is 0.455 e. The molecule has 1 heterocycles. The smallest absolute Gasteiger partial charge is 0.184 e. The van der Waals surface area contributed by atoms with Crippen LogP contribution in [0.25, 0.3) is 16.7 Å². The van der Waals surface area contributed by atoms with Gasteiger partial charge in [-0.2, -0.15) is 0 Å². The van der Waals surface area contributed by atoms with Gasteiger partial charge in [-0.25, -0.2) is 9.97 Å². The van der Waals surface area contributed by atoms with E-state index in [-0.39, 0.29) is 5.76 Å². The third-order valence-corrected chi connectivity index (χ3v) is 2.54. The van der Waals surface area contributed by atoms with Crippen LogP contribution in [0.2, 0.25) is 0 Å². The molecule has 0 saturated carbocycles. The molecule has 0 amide bonds. The van der Waals surface area contributed by atoms with Gasteiger partial charge < -0.3 is 4.74 Å². The first-order valence-corrected chi connectivity index (χ1v) is 5.34. The molecule has 2 rings (SSSR count). The van der Waals surface area contributed by atoms with Crippen molar-refractivity contribution in [3.63, 3.8) is 0 Å². The van der Waals surface area contributed by atoms with E-state index in [0.717, 1.165) is 22.2 Å². The number of hydrogen-bond acceptors (Lipinski definition) is 4. The van der Waals surface area contributed by atoms with Crippen molar-refractivity contribution >= 4 is 22.9 Å². The second-order valence-corrected chi connectivity index (χ2v) is 3.80. The van der Waals surface area contributed by atoms with Gasteiger partial charge in [-0.3, -0.25) is 4.79 Å². The van der Waals surface area contributed by atoms with Crippen LogP contribution >= 0.6 is 0 Å². The highest BCUT2D eigenvalue weighted by atomic mass is 16.5. The maximum atomic E-state index is 10.5. The summed E-state index contributed by atoms with van der Waals surface area (Å²) in [6, 6.07) is 5.57. The van der Waals surface area contributed by atoms with Crippen LogP contribution in [0, 0.1) is 6.92 Å². The highest BCUT2D eigenvalue weighted by Crippen LogP contribution is 2.22. The lowest BCUT2D eigenvalue weighted by Crippen LogP contribution is -1.93. The standard InChI is InChI=1S/C14H12N2O2/c1-9(7-17)18-11(3)12-4-5-14-13(6-12)10(2)15-8-16-14/h4-8H,1,3H2,2H3. The number of benzene rings is 1. The first-order valence-electron chi connectivity index (χ1n) is 5.34. The van der Waals surface area contributed by atoms with Gasteiger partial charge >= 0.3 is 0 Å². The summed E-state index contributed by atoms with van der Waals surface area (Å²) in [5.41, 5.74) is 2.50. The third kappa shape index (κ3) is 2.27. The minimum Gasteiger partial charge on any atom is -0.455 e. The summed E-state index contributed by atoms with van der Waals surface area (Å²) < 4.78 is 5.18. The zero-order valence-electron chi connectivity index (χ0n) is 10.0. The molecule has 0 spiro atoms. The molecule has 2 aromatic rings. The van der Waals surface area contributed by atoms with E-state index in [4.69, 9.17) is 4.74 Å². The van der Waals surface area contributed by atoms with Gasteiger partial charge in [0, 0.05) is 16.6 Å². The van der Waals surface area contributed by atoms with Crippen molar-refractivity contribution in [3.05, 3.63) is 54.7 Å². The molecule has 0 N–H and O–H groups in total. The number of carbonyl (C=O) groups excluding carboxylic acids is 1. The van der Waals surface area contributed by atoms with Crippen LogP contribution in [-0.4, -0.2) is 16.3 Å². The summed E-state index contributed by atoms with van der Waals surface area (Å²) in [7, 11) is 0. The van der Waals surface area contributed by atoms with E-state index in [1.54, 1.807) is 0 Å². The average Bonchev–Trinajstić information content (AvgIpc) is 2.38. The molecule has 1 aromatic carbocycles.